The maximum atomic E-state index is 15.5. The van der Waals surface area contributed by atoms with Gasteiger partial charge in [-0.05, 0) is 65.9 Å². The van der Waals surface area contributed by atoms with E-state index in [1.807, 2.05) is 116 Å². The minimum Gasteiger partial charge on any atom is -0.497 e. The van der Waals surface area contributed by atoms with E-state index in [-0.39, 0.29) is 17.2 Å². The quantitative estimate of drug-likeness (QED) is 0.182. The summed E-state index contributed by atoms with van der Waals surface area (Å²) in [5, 5.41) is 0. The zero-order valence-corrected chi connectivity index (χ0v) is 27.4. The lowest BCUT2D eigenvalue weighted by Crippen LogP contribution is -2.72. The van der Waals surface area contributed by atoms with Crippen LogP contribution in [-0.4, -0.2) is 31.6 Å². The van der Waals surface area contributed by atoms with Gasteiger partial charge in [0.1, 0.15) is 5.75 Å². The van der Waals surface area contributed by atoms with E-state index in [4.69, 9.17) is 4.74 Å². The van der Waals surface area contributed by atoms with Crippen molar-refractivity contribution in [3.05, 3.63) is 161 Å². The van der Waals surface area contributed by atoms with E-state index >= 15 is 4.79 Å². The molecule has 5 aromatic rings. The Hall–Kier alpha value is -5.21. The molecular formula is C40H34N2O5S. The number of fused-ring (bicyclic) bond motifs is 4. The smallest absolute Gasteiger partial charge is 0.267 e. The molecule has 4 atom stereocenters. The molecule has 1 saturated carbocycles. The molecule has 7 nitrogen and oxygen atoms in total. The number of anilines is 1. The Labute approximate surface area is 280 Å². The molecule has 0 aromatic heterocycles. The van der Waals surface area contributed by atoms with Gasteiger partial charge < -0.3 is 9.64 Å². The fourth-order valence-electron chi connectivity index (χ4n) is 8.55. The van der Waals surface area contributed by atoms with Gasteiger partial charge >= 0.3 is 0 Å². The van der Waals surface area contributed by atoms with Gasteiger partial charge in [-0.25, -0.2) is 12.7 Å². The Bertz CT molecular complexity index is 2160. The fraction of sp³-hybridized carbons (Fsp3) is 0.200. The molecular weight excluding hydrogens is 621 g/mol. The molecule has 2 fully saturated rings. The number of carbonyl (C=O) groups excluding carboxylic acids is 2. The van der Waals surface area contributed by atoms with E-state index in [2.05, 4.69) is 0 Å². The number of amides is 2. The third-order valence-corrected chi connectivity index (χ3v) is 12.4. The molecule has 8 heteroatoms. The summed E-state index contributed by atoms with van der Waals surface area (Å²) >= 11 is 0. The van der Waals surface area contributed by atoms with E-state index in [0.29, 0.717) is 29.1 Å². The number of hydrogen-bond acceptors (Lipinski definition) is 5. The molecule has 3 aliphatic rings. The van der Waals surface area contributed by atoms with Crippen LogP contribution in [0, 0.1) is 12.8 Å². The summed E-state index contributed by atoms with van der Waals surface area (Å²) in [6, 6.07) is 41.0. The lowest BCUT2D eigenvalue weighted by Gasteiger charge is -2.56. The van der Waals surface area contributed by atoms with Crippen molar-refractivity contribution in [2.24, 2.45) is 5.92 Å². The number of rotatable bonds is 7. The van der Waals surface area contributed by atoms with Crippen LogP contribution in [0.4, 0.5) is 5.69 Å². The first-order valence-electron chi connectivity index (χ1n) is 16.1. The number of β-lactam (4-membered cyclic amide) rings is 1. The predicted octanol–water partition coefficient (Wildman–Crippen LogP) is 6.72. The Morgan fingerprint density at radius 3 is 2.06 bits per heavy atom. The Balaban J connectivity index is 1.41. The summed E-state index contributed by atoms with van der Waals surface area (Å²) in [5.41, 5.74) is 2.03. The monoisotopic (exact) mass is 654 g/mol. The van der Waals surface area contributed by atoms with Crippen molar-refractivity contribution < 1.29 is 22.7 Å². The van der Waals surface area contributed by atoms with Gasteiger partial charge in [-0.1, -0.05) is 109 Å². The minimum absolute atomic E-state index is 0.0398. The van der Waals surface area contributed by atoms with E-state index < -0.39 is 38.7 Å². The molecule has 48 heavy (non-hydrogen) atoms. The van der Waals surface area contributed by atoms with Gasteiger partial charge in [0.25, 0.3) is 10.0 Å². The van der Waals surface area contributed by atoms with E-state index in [1.165, 1.54) is 0 Å². The lowest BCUT2D eigenvalue weighted by atomic mass is 9.60. The van der Waals surface area contributed by atoms with Crippen LogP contribution in [-0.2, 0) is 37.1 Å². The minimum atomic E-state index is -4.32. The maximum absolute atomic E-state index is 15.5. The number of carbonyl (C=O) groups is 2. The zero-order valence-electron chi connectivity index (χ0n) is 26.6. The summed E-state index contributed by atoms with van der Waals surface area (Å²) in [5.74, 6) is -1.78. The molecule has 2 heterocycles. The molecule has 1 spiro atoms. The topological polar surface area (TPSA) is 84.0 Å². The predicted molar refractivity (Wildman–Crippen MR) is 183 cm³/mol. The number of benzene rings is 5. The van der Waals surface area contributed by atoms with Gasteiger partial charge in [0, 0.05) is 11.6 Å². The summed E-state index contributed by atoms with van der Waals surface area (Å²) in [6.45, 7) is 2.18. The first kappa shape index (κ1) is 30.1. The summed E-state index contributed by atoms with van der Waals surface area (Å²) in [6.07, 6.45) is 0.226. The normalized spacial score (nSPS) is 24.4. The largest absolute Gasteiger partial charge is 0.497 e. The van der Waals surface area contributed by atoms with Gasteiger partial charge in [-0.15, -0.1) is 0 Å². The summed E-state index contributed by atoms with van der Waals surface area (Å²) in [4.78, 5) is 32.3. The average Bonchev–Trinajstić information content (AvgIpc) is 3.51. The van der Waals surface area contributed by atoms with E-state index in [9.17, 15) is 13.2 Å². The molecule has 8 rings (SSSR count). The molecule has 0 bridgehead atoms. The number of nitrogens with zero attached hydrogens (tertiary/aromatic N) is 2. The molecule has 1 saturated heterocycles. The van der Waals surface area contributed by atoms with Gasteiger partial charge in [0.05, 0.1) is 35.4 Å². The molecule has 0 unspecified atom stereocenters. The summed E-state index contributed by atoms with van der Waals surface area (Å²) < 4.78 is 36.0. The van der Waals surface area contributed by atoms with Gasteiger partial charge in [-0.3, -0.25) is 9.59 Å². The molecule has 2 amide bonds. The zero-order chi connectivity index (χ0) is 33.3. The summed E-state index contributed by atoms with van der Waals surface area (Å²) in [7, 11) is -2.74. The highest BCUT2D eigenvalue weighted by Crippen LogP contribution is 2.73. The first-order valence-corrected chi connectivity index (χ1v) is 17.5. The Morgan fingerprint density at radius 2 is 1.42 bits per heavy atom. The van der Waals surface area contributed by atoms with Crippen molar-refractivity contribution in [3.63, 3.8) is 0 Å². The second-order valence-electron chi connectivity index (χ2n) is 12.9. The molecule has 1 aliphatic carbocycles. The molecule has 0 radical (unpaired) electrons. The van der Waals surface area contributed by atoms with E-state index in [1.54, 1.807) is 36.3 Å². The van der Waals surface area contributed by atoms with Crippen LogP contribution in [0.5, 0.6) is 5.75 Å². The number of sulfonamides is 1. The number of ether oxygens (including phenoxy) is 1. The van der Waals surface area contributed by atoms with Gasteiger partial charge in [0.2, 0.25) is 11.8 Å². The number of methoxy groups -OCH3 is 1. The third kappa shape index (κ3) is 4.02. The van der Waals surface area contributed by atoms with Crippen LogP contribution in [0.1, 0.15) is 40.2 Å². The van der Waals surface area contributed by atoms with Crippen molar-refractivity contribution in [1.82, 2.24) is 4.31 Å². The lowest BCUT2D eigenvalue weighted by molar-refractivity contribution is -0.162. The van der Waals surface area contributed by atoms with Gasteiger partial charge in [0.15, 0.2) is 0 Å². The highest BCUT2D eigenvalue weighted by molar-refractivity contribution is 7.89. The van der Waals surface area contributed by atoms with Crippen molar-refractivity contribution in [3.8, 4) is 5.75 Å². The first-order chi connectivity index (χ1) is 23.2. The van der Waals surface area contributed by atoms with Crippen molar-refractivity contribution >= 4 is 27.5 Å². The van der Waals surface area contributed by atoms with Gasteiger partial charge in [-0.2, -0.15) is 0 Å². The molecule has 240 valence electrons. The standard InChI is InChI=1S/C40H34N2O5S/c1-27-18-21-32(22-19-27)48(45,46)42-37(43)36-39(42,30-16-10-5-11-17-30)25-34(29-14-8-4-9-15-29)40(36)33-24-31(47-2)20-23-35(33)41(38(40)44)26-28-12-6-3-7-13-28/h3-24,34,36H,25-26H2,1-2H3/t34-,36+,39-,40+/m1/s1. The van der Waals surface area contributed by atoms with Crippen LogP contribution in [0.2, 0.25) is 0 Å². The Kier molecular flexibility index (Phi) is 6.86. The second-order valence-corrected chi connectivity index (χ2v) is 14.7. The highest BCUT2D eigenvalue weighted by atomic mass is 32.2. The second kappa shape index (κ2) is 10.9. The van der Waals surface area contributed by atoms with E-state index in [0.717, 1.165) is 21.0 Å². The van der Waals surface area contributed by atoms with Crippen molar-refractivity contribution in [1.29, 1.82) is 0 Å². The molecule has 2 aliphatic heterocycles. The molecule has 5 aromatic carbocycles. The van der Waals surface area contributed by atoms with Crippen LogP contribution in [0.3, 0.4) is 0 Å². The van der Waals surface area contributed by atoms with Crippen LogP contribution in [0.25, 0.3) is 0 Å². The Morgan fingerprint density at radius 1 is 0.792 bits per heavy atom. The number of aryl methyl sites for hydroxylation is 1. The van der Waals surface area contributed by atoms with Crippen molar-refractivity contribution in [2.45, 2.75) is 41.7 Å². The third-order valence-electron chi connectivity index (χ3n) is 10.6. The van der Waals surface area contributed by atoms with Crippen LogP contribution >= 0.6 is 0 Å². The average molecular weight is 655 g/mol. The van der Waals surface area contributed by atoms with Crippen LogP contribution < -0.4 is 9.64 Å². The molecule has 0 N–H and O–H groups in total. The van der Waals surface area contributed by atoms with Crippen molar-refractivity contribution in [2.75, 3.05) is 12.0 Å². The SMILES string of the molecule is COc1ccc2c(c1)[C@]1(C(=O)N2Cc2ccccc2)[C@@H](c2ccccc2)C[C@@]2(c3ccccc3)[C@@H]1C(=O)N2S(=O)(=O)c1ccc(C)cc1. The fourth-order valence-corrected chi connectivity index (χ4v) is 10.3. The number of hydrogen-bond donors (Lipinski definition) is 0. The van der Waals surface area contributed by atoms with Crippen LogP contribution in [0.15, 0.2) is 138 Å². The maximum Gasteiger partial charge on any atom is 0.267 e. The highest BCUT2D eigenvalue weighted by Gasteiger charge is 2.82.